The van der Waals surface area contributed by atoms with Crippen molar-refractivity contribution in [2.24, 2.45) is 0 Å². The van der Waals surface area contributed by atoms with E-state index >= 15 is 0 Å². The third-order valence-corrected chi connectivity index (χ3v) is 5.19. The third kappa shape index (κ3) is 4.95. The van der Waals surface area contributed by atoms with Crippen LogP contribution in [0.1, 0.15) is 32.1 Å². The number of aromatic nitrogens is 2. The molecule has 1 aliphatic rings. The summed E-state index contributed by atoms with van der Waals surface area (Å²) in [4.78, 5) is 20.8. The molecule has 0 saturated heterocycles. The van der Waals surface area contributed by atoms with E-state index in [4.69, 9.17) is 11.6 Å². The molecule has 1 aromatic heterocycles. The number of carbonyl (C=O) groups excluding carboxylic acids is 1. The fourth-order valence-electron chi connectivity index (χ4n) is 2.84. The lowest BCUT2D eigenvalue weighted by Crippen LogP contribution is -2.37. The third-order valence-electron chi connectivity index (χ3n) is 4.08. The summed E-state index contributed by atoms with van der Waals surface area (Å²) in [5, 5.41) is 4.42. The van der Waals surface area contributed by atoms with Crippen molar-refractivity contribution >= 4 is 29.3 Å². The zero-order valence-electron chi connectivity index (χ0n) is 13.4. The maximum absolute atomic E-state index is 12.1. The molecule has 0 atom stereocenters. The molecule has 0 bridgehead atoms. The van der Waals surface area contributed by atoms with Gasteiger partial charge in [0.05, 0.1) is 11.4 Å². The highest BCUT2D eigenvalue weighted by Crippen LogP contribution is 2.22. The molecular weight excluding hydrogens is 342 g/mol. The molecule has 1 N–H and O–H groups in total. The Morgan fingerprint density at radius 3 is 2.67 bits per heavy atom. The summed E-state index contributed by atoms with van der Waals surface area (Å²) in [5.74, 6) is 0.410. The lowest BCUT2D eigenvalue weighted by atomic mass is 9.95. The first-order valence-electron chi connectivity index (χ1n) is 8.22. The van der Waals surface area contributed by atoms with Crippen molar-refractivity contribution in [3.8, 4) is 11.3 Å². The van der Waals surface area contributed by atoms with Gasteiger partial charge in [-0.1, -0.05) is 54.8 Å². The van der Waals surface area contributed by atoms with Crippen molar-refractivity contribution in [2.75, 3.05) is 5.75 Å². The van der Waals surface area contributed by atoms with Gasteiger partial charge in [-0.2, -0.15) is 0 Å². The van der Waals surface area contributed by atoms with Crippen LogP contribution in [0.25, 0.3) is 11.3 Å². The van der Waals surface area contributed by atoms with Crippen molar-refractivity contribution in [3.05, 3.63) is 41.6 Å². The number of hydrogen-bond acceptors (Lipinski definition) is 4. The van der Waals surface area contributed by atoms with Crippen molar-refractivity contribution in [3.63, 3.8) is 0 Å². The first-order chi connectivity index (χ1) is 11.7. The van der Waals surface area contributed by atoms with Gasteiger partial charge in [-0.25, -0.2) is 9.97 Å². The van der Waals surface area contributed by atoms with Crippen LogP contribution < -0.4 is 5.32 Å². The van der Waals surface area contributed by atoms with Crippen LogP contribution in [-0.2, 0) is 4.79 Å². The molecule has 4 nitrogen and oxygen atoms in total. The number of nitrogens with one attached hydrogen (secondary N) is 1. The Kier molecular flexibility index (Phi) is 6.10. The molecule has 1 heterocycles. The molecule has 0 unspecified atom stereocenters. The summed E-state index contributed by atoms with van der Waals surface area (Å²) in [5.41, 5.74) is 1.81. The van der Waals surface area contributed by atoms with Crippen LogP contribution in [0.15, 0.2) is 41.7 Å². The number of amides is 1. The van der Waals surface area contributed by atoms with E-state index in [0.717, 1.165) is 24.1 Å². The van der Waals surface area contributed by atoms with E-state index in [1.165, 1.54) is 31.0 Å². The maximum Gasteiger partial charge on any atom is 0.230 e. The summed E-state index contributed by atoms with van der Waals surface area (Å²) in [6.07, 6.45) is 7.62. The zero-order chi connectivity index (χ0) is 16.8. The van der Waals surface area contributed by atoms with E-state index in [1.54, 1.807) is 6.20 Å². The second-order valence-corrected chi connectivity index (χ2v) is 7.30. The monoisotopic (exact) mass is 361 g/mol. The van der Waals surface area contributed by atoms with Gasteiger partial charge in [0, 0.05) is 22.8 Å². The number of thioether (sulfide) groups is 1. The smallest absolute Gasteiger partial charge is 0.230 e. The highest BCUT2D eigenvalue weighted by atomic mass is 35.5. The number of benzene rings is 1. The summed E-state index contributed by atoms with van der Waals surface area (Å²) >= 11 is 7.28. The number of carbonyl (C=O) groups is 1. The zero-order valence-corrected chi connectivity index (χ0v) is 14.9. The molecule has 0 radical (unpaired) electrons. The topological polar surface area (TPSA) is 54.9 Å². The molecule has 1 fully saturated rings. The van der Waals surface area contributed by atoms with Gasteiger partial charge in [0.15, 0.2) is 5.16 Å². The second-order valence-electron chi connectivity index (χ2n) is 5.92. The number of rotatable bonds is 5. The van der Waals surface area contributed by atoms with Gasteiger partial charge in [-0.15, -0.1) is 0 Å². The molecule has 6 heteroatoms. The molecule has 126 valence electrons. The fraction of sp³-hybridized carbons (Fsp3) is 0.389. The lowest BCUT2D eigenvalue weighted by molar-refractivity contribution is -0.119. The minimum Gasteiger partial charge on any atom is -0.353 e. The first kappa shape index (κ1) is 17.2. The quantitative estimate of drug-likeness (QED) is 0.635. The molecule has 1 aliphatic carbocycles. The summed E-state index contributed by atoms with van der Waals surface area (Å²) in [6.45, 7) is 0. The van der Waals surface area contributed by atoms with Gasteiger partial charge in [-0.3, -0.25) is 4.79 Å². The minimum atomic E-state index is 0.0624. The largest absolute Gasteiger partial charge is 0.353 e. The number of nitrogens with zero attached hydrogens (tertiary/aromatic N) is 2. The van der Waals surface area contributed by atoms with Crippen molar-refractivity contribution < 1.29 is 4.79 Å². The lowest BCUT2D eigenvalue weighted by Gasteiger charge is -2.22. The van der Waals surface area contributed by atoms with E-state index in [-0.39, 0.29) is 5.91 Å². The Labute approximate surface area is 151 Å². The molecule has 24 heavy (non-hydrogen) atoms. The molecule has 0 spiro atoms. The Morgan fingerprint density at radius 2 is 1.92 bits per heavy atom. The van der Waals surface area contributed by atoms with E-state index < -0.39 is 0 Å². The average molecular weight is 362 g/mol. The highest BCUT2D eigenvalue weighted by Gasteiger charge is 2.16. The van der Waals surface area contributed by atoms with Gasteiger partial charge >= 0.3 is 0 Å². The molecule has 3 rings (SSSR count). The Morgan fingerprint density at radius 1 is 1.17 bits per heavy atom. The molecule has 1 amide bonds. The van der Waals surface area contributed by atoms with Gasteiger partial charge in [0.2, 0.25) is 5.91 Å². The van der Waals surface area contributed by atoms with Gasteiger partial charge in [-0.05, 0) is 31.0 Å². The molecule has 0 aliphatic heterocycles. The summed E-state index contributed by atoms with van der Waals surface area (Å²) in [6, 6.07) is 9.72. The Balaban J connectivity index is 1.56. The van der Waals surface area contributed by atoms with Gasteiger partial charge in [0.25, 0.3) is 0 Å². The predicted octanol–water partition coefficient (Wildman–Crippen LogP) is 4.34. The van der Waals surface area contributed by atoms with Crippen LogP contribution in [0.4, 0.5) is 0 Å². The molecule has 1 saturated carbocycles. The van der Waals surface area contributed by atoms with E-state index in [9.17, 15) is 4.79 Å². The fourth-order valence-corrected chi connectivity index (χ4v) is 3.61. The van der Waals surface area contributed by atoms with Crippen LogP contribution in [-0.4, -0.2) is 27.7 Å². The van der Waals surface area contributed by atoms with Crippen molar-refractivity contribution in [1.82, 2.24) is 15.3 Å². The van der Waals surface area contributed by atoms with Crippen molar-refractivity contribution in [1.29, 1.82) is 0 Å². The van der Waals surface area contributed by atoms with Gasteiger partial charge in [0.1, 0.15) is 0 Å². The number of hydrogen-bond donors (Lipinski definition) is 1. The SMILES string of the molecule is O=C(CSc1nccc(-c2ccc(Cl)cc2)n1)NC1CCCCC1. The highest BCUT2D eigenvalue weighted by molar-refractivity contribution is 7.99. The van der Waals surface area contributed by atoms with Crippen molar-refractivity contribution in [2.45, 2.75) is 43.3 Å². The van der Waals surface area contributed by atoms with E-state index in [0.29, 0.717) is 22.0 Å². The summed E-state index contributed by atoms with van der Waals surface area (Å²) < 4.78 is 0. The normalized spacial score (nSPS) is 15.2. The Hall–Kier alpha value is -1.59. The first-order valence-corrected chi connectivity index (χ1v) is 9.58. The Bertz CT molecular complexity index is 687. The van der Waals surface area contributed by atoms with Crippen LogP contribution in [0.2, 0.25) is 5.02 Å². The average Bonchev–Trinajstić information content (AvgIpc) is 2.62. The van der Waals surface area contributed by atoms with Crippen LogP contribution in [0.3, 0.4) is 0 Å². The van der Waals surface area contributed by atoms with Gasteiger partial charge < -0.3 is 5.32 Å². The maximum atomic E-state index is 12.1. The summed E-state index contributed by atoms with van der Waals surface area (Å²) in [7, 11) is 0. The van der Waals surface area contributed by atoms with E-state index in [2.05, 4.69) is 15.3 Å². The predicted molar refractivity (Wildman–Crippen MR) is 98.2 cm³/mol. The van der Waals surface area contributed by atoms with E-state index in [1.807, 2.05) is 30.3 Å². The van der Waals surface area contributed by atoms with Crippen LogP contribution in [0, 0.1) is 0 Å². The standard InChI is InChI=1S/C18H20ClN3OS/c19-14-8-6-13(7-9-14)16-10-11-20-18(22-16)24-12-17(23)21-15-4-2-1-3-5-15/h6-11,15H,1-5,12H2,(H,21,23). The second kappa shape index (κ2) is 8.49. The molecule has 2 aromatic rings. The minimum absolute atomic E-state index is 0.0624. The number of halogens is 1. The van der Waals surface area contributed by atoms with Crippen LogP contribution in [0.5, 0.6) is 0 Å². The molecule has 1 aromatic carbocycles. The van der Waals surface area contributed by atoms with Crippen LogP contribution >= 0.6 is 23.4 Å². The molecular formula is C18H20ClN3OS.